The van der Waals surface area contributed by atoms with Gasteiger partial charge >= 0.3 is 0 Å². The summed E-state index contributed by atoms with van der Waals surface area (Å²) in [5.74, 6) is -0.0708. The summed E-state index contributed by atoms with van der Waals surface area (Å²) in [6.07, 6.45) is 0.879. The smallest absolute Gasteiger partial charge is 0.256 e. The van der Waals surface area contributed by atoms with Crippen LogP contribution in [0.25, 0.3) is 0 Å². The van der Waals surface area contributed by atoms with Crippen molar-refractivity contribution in [1.29, 1.82) is 0 Å². The van der Waals surface area contributed by atoms with E-state index in [4.69, 9.17) is 0 Å². The third kappa shape index (κ3) is 2.22. The average molecular weight is 318 g/mol. The molecule has 1 fully saturated rings. The Bertz CT molecular complexity index is 629. The Morgan fingerprint density at radius 3 is 2.77 bits per heavy atom. The molecule has 3 rings (SSSR count). The van der Waals surface area contributed by atoms with Crippen LogP contribution in [0, 0.1) is 0 Å². The lowest BCUT2D eigenvalue weighted by atomic mass is 10.00. The molecule has 4 nitrogen and oxygen atoms in total. The van der Waals surface area contributed by atoms with E-state index in [2.05, 4.69) is 5.32 Å². The number of thioether (sulfide) groups is 1. The van der Waals surface area contributed by atoms with Gasteiger partial charge in [-0.2, -0.15) is 0 Å². The third-order valence-electron chi connectivity index (χ3n) is 4.55. The summed E-state index contributed by atoms with van der Waals surface area (Å²) in [5, 5.41) is 2.99. The molecule has 5 heteroatoms. The predicted octanol–water partition coefficient (Wildman–Crippen LogP) is 2.95. The van der Waals surface area contributed by atoms with E-state index in [1.807, 2.05) is 52.0 Å². The van der Waals surface area contributed by atoms with E-state index in [0.29, 0.717) is 0 Å². The second-order valence-corrected chi connectivity index (χ2v) is 8.33. The van der Waals surface area contributed by atoms with Crippen molar-refractivity contribution in [3.05, 3.63) is 35.4 Å². The molecule has 22 heavy (non-hydrogen) atoms. The minimum atomic E-state index is -0.434. The second-order valence-electron chi connectivity index (χ2n) is 6.59. The lowest BCUT2D eigenvalue weighted by Gasteiger charge is -2.30. The number of carbonyl (C=O) groups excluding carboxylic acids is 2. The van der Waals surface area contributed by atoms with Crippen molar-refractivity contribution in [2.75, 3.05) is 0 Å². The third-order valence-corrected chi connectivity index (χ3v) is 6.08. The fraction of sp³-hybridized carbons (Fsp3) is 0.529. The monoisotopic (exact) mass is 318 g/mol. The molecule has 0 aliphatic carbocycles. The van der Waals surface area contributed by atoms with E-state index in [1.54, 1.807) is 16.7 Å². The summed E-state index contributed by atoms with van der Waals surface area (Å²) in [6.45, 7) is 8.13. The molecule has 1 saturated heterocycles. The molecule has 0 saturated carbocycles. The predicted molar refractivity (Wildman–Crippen MR) is 88.7 cm³/mol. The molecule has 2 heterocycles. The summed E-state index contributed by atoms with van der Waals surface area (Å²) >= 11 is 1.70. The number of benzene rings is 1. The van der Waals surface area contributed by atoms with E-state index < -0.39 is 6.04 Å². The highest BCUT2D eigenvalue weighted by Crippen LogP contribution is 2.56. The highest BCUT2D eigenvalue weighted by atomic mass is 32.2. The molecule has 0 radical (unpaired) electrons. The summed E-state index contributed by atoms with van der Waals surface area (Å²) in [7, 11) is 0. The van der Waals surface area contributed by atoms with Crippen molar-refractivity contribution in [3.8, 4) is 0 Å². The van der Waals surface area contributed by atoms with Gasteiger partial charge in [0.15, 0.2) is 0 Å². The summed E-state index contributed by atoms with van der Waals surface area (Å²) in [6, 6.07) is 7.37. The summed E-state index contributed by atoms with van der Waals surface area (Å²) in [4.78, 5) is 27.3. The van der Waals surface area contributed by atoms with Crippen LogP contribution in [0.3, 0.4) is 0 Å². The minimum absolute atomic E-state index is 0.0250. The van der Waals surface area contributed by atoms with E-state index in [1.165, 1.54) is 0 Å². The van der Waals surface area contributed by atoms with Gasteiger partial charge in [0.25, 0.3) is 5.91 Å². The molecule has 1 aromatic carbocycles. The fourth-order valence-electron chi connectivity index (χ4n) is 3.23. The molecule has 2 aliphatic rings. The SMILES string of the molecule is CC[C@H](C)NC(=O)[C@@H]1N2C(=O)c3ccccc3[C@@H]2SC1(C)C. The van der Waals surface area contributed by atoms with Gasteiger partial charge in [-0.15, -0.1) is 11.8 Å². The standard InChI is InChI=1S/C17H22N2O2S/c1-5-10(2)18-14(20)13-17(3,4)22-16-12-9-7-6-8-11(12)15(21)19(13)16/h6-10,13,16H,5H2,1-4H3,(H,18,20)/t10-,13-,16-/m0/s1. The van der Waals surface area contributed by atoms with Gasteiger partial charge in [-0.25, -0.2) is 0 Å². The molecule has 1 N–H and O–H groups in total. The zero-order valence-corrected chi connectivity index (χ0v) is 14.2. The Labute approximate surface area is 135 Å². The Kier molecular flexibility index (Phi) is 3.71. The van der Waals surface area contributed by atoms with Crippen LogP contribution in [0.2, 0.25) is 0 Å². The van der Waals surface area contributed by atoms with Crippen LogP contribution in [0.1, 0.15) is 55.4 Å². The number of nitrogens with zero attached hydrogens (tertiary/aromatic N) is 1. The molecule has 118 valence electrons. The lowest BCUT2D eigenvalue weighted by molar-refractivity contribution is -0.126. The summed E-state index contributed by atoms with van der Waals surface area (Å²) in [5.41, 5.74) is 1.77. The Balaban J connectivity index is 1.95. The summed E-state index contributed by atoms with van der Waals surface area (Å²) < 4.78 is -0.300. The van der Waals surface area contributed by atoms with Gasteiger partial charge in [0.2, 0.25) is 5.91 Å². The molecule has 0 spiro atoms. The molecule has 0 aromatic heterocycles. The zero-order chi connectivity index (χ0) is 16.1. The van der Waals surface area contributed by atoms with Gasteiger partial charge in [-0.3, -0.25) is 9.59 Å². The van der Waals surface area contributed by atoms with Crippen molar-refractivity contribution in [1.82, 2.24) is 10.2 Å². The molecule has 3 atom stereocenters. The number of nitrogens with one attached hydrogen (secondary N) is 1. The molecule has 0 unspecified atom stereocenters. The highest BCUT2D eigenvalue weighted by molar-refractivity contribution is 8.01. The first-order chi connectivity index (χ1) is 10.4. The van der Waals surface area contributed by atoms with Crippen LogP contribution in [-0.4, -0.2) is 33.5 Å². The first-order valence-corrected chi connectivity index (χ1v) is 8.64. The number of amides is 2. The van der Waals surface area contributed by atoms with Crippen LogP contribution in [-0.2, 0) is 4.79 Å². The van der Waals surface area contributed by atoms with Crippen LogP contribution in [0.15, 0.2) is 24.3 Å². The maximum atomic E-state index is 12.8. The minimum Gasteiger partial charge on any atom is -0.352 e. The van der Waals surface area contributed by atoms with Gasteiger partial charge in [-0.05, 0) is 38.8 Å². The van der Waals surface area contributed by atoms with Gasteiger partial charge in [0.1, 0.15) is 11.4 Å². The number of rotatable bonds is 3. The maximum Gasteiger partial charge on any atom is 0.256 e. The van der Waals surface area contributed by atoms with E-state index >= 15 is 0 Å². The maximum absolute atomic E-state index is 12.8. The lowest BCUT2D eigenvalue weighted by Crippen LogP contribution is -2.54. The average Bonchev–Trinajstić information content (AvgIpc) is 2.90. The van der Waals surface area contributed by atoms with Crippen molar-refractivity contribution >= 4 is 23.6 Å². The van der Waals surface area contributed by atoms with Gasteiger partial charge in [-0.1, -0.05) is 25.1 Å². The zero-order valence-electron chi connectivity index (χ0n) is 13.4. The van der Waals surface area contributed by atoms with Gasteiger partial charge in [0, 0.05) is 16.4 Å². The molecule has 2 aliphatic heterocycles. The molecule has 1 aromatic rings. The molecular weight excluding hydrogens is 296 g/mol. The Morgan fingerprint density at radius 2 is 2.09 bits per heavy atom. The van der Waals surface area contributed by atoms with Crippen molar-refractivity contribution in [3.63, 3.8) is 0 Å². The quantitative estimate of drug-likeness (QED) is 0.932. The number of hydrogen-bond donors (Lipinski definition) is 1. The highest BCUT2D eigenvalue weighted by Gasteiger charge is 2.57. The number of hydrogen-bond acceptors (Lipinski definition) is 3. The molecular formula is C17H22N2O2S. The molecule has 0 bridgehead atoms. The largest absolute Gasteiger partial charge is 0.352 e. The second kappa shape index (κ2) is 5.30. The van der Waals surface area contributed by atoms with Crippen LogP contribution >= 0.6 is 11.8 Å². The van der Waals surface area contributed by atoms with Gasteiger partial charge in [0.05, 0.1) is 0 Å². The van der Waals surface area contributed by atoms with E-state index in [0.717, 1.165) is 17.5 Å². The topological polar surface area (TPSA) is 49.4 Å². The Hall–Kier alpha value is -1.49. The van der Waals surface area contributed by atoms with Crippen molar-refractivity contribution in [2.24, 2.45) is 0 Å². The number of carbonyl (C=O) groups is 2. The van der Waals surface area contributed by atoms with Crippen LogP contribution < -0.4 is 5.32 Å². The first kappa shape index (κ1) is 15.4. The van der Waals surface area contributed by atoms with Crippen molar-refractivity contribution in [2.45, 2.75) is 56.3 Å². The Morgan fingerprint density at radius 1 is 1.41 bits per heavy atom. The van der Waals surface area contributed by atoms with Crippen LogP contribution in [0.4, 0.5) is 0 Å². The van der Waals surface area contributed by atoms with Crippen molar-refractivity contribution < 1.29 is 9.59 Å². The fourth-order valence-corrected chi connectivity index (χ4v) is 4.82. The van der Waals surface area contributed by atoms with E-state index in [9.17, 15) is 9.59 Å². The first-order valence-electron chi connectivity index (χ1n) is 7.76. The molecule has 2 amide bonds. The van der Waals surface area contributed by atoms with E-state index in [-0.39, 0.29) is 28.0 Å². The van der Waals surface area contributed by atoms with Gasteiger partial charge < -0.3 is 10.2 Å². The number of fused-ring (bicyclic) bond motifs is 3. The van der Waals surface area contributed by atoms with Crippen LogP contribution in [0.5, 0.6) is 0 Å². The normalized spacial score (nSPS) is 26.5.